The van der Waals surface area contributed by atoms with E-state index in [9.17, 15) is 4.79 Å². The van der Waals surface area contributed by atoms with E-state index in [4.69, 9.17) is 4.74 Å². The molecule has 0 saturated carbocycles. The van der Waals surface area contributed by atoms with Gasteiger partial charge >= 0.3 is 0 Å². The molecule has 2 rings (SSSR count). The van der Waals surface area contributed by atoms with Crippen LogP contribution in [-0.4, -0.2) is 49.7 Å². The highest BCUT2D eigenvalue weighted by atomic mass is 16.5. The zero-order chi connectivity index (χ0) is 20.2. The van der Waals surface area contributed by atoms with Crippen LogP contribution < -0.4 is 4.90 Å². The number of unbranched alkanes of at least 4 members (excludes halogenated alkanes) is 5. The van der Waals surface area contributed by atoms with Crippen molar-refractivity contribution in [3.05, 3.63) is 30.3 Å². The van der Waals surface area contributed by atoms with E-state index < -0.39 is 0 Å². The summed E-state index contributed by atoms with van der Waals surface area (Å²) in [6.45, 7) is 8.08. The maximum absolute atomic E-state index is 12.9. The Morgan fingerprint density at radius 3 is 2.29 bits per heavy atom. The Bertz CT molecular complexity index is 553. The zero-order valence-electron chi connectivity index (χ0n) is 18.3. The lowest BCUT2D eigenvalue weighted by molar-refractivity contribution is -0.120. The number of hydrogen-bond acceptors (Lipinski definition) is 3. The Hall–Kier alpha value is -1.39. The number of hydrogen-bond donors (Lipinski definition) is 0. The van der Waals surface area contributed by atoms with Crippen molar-refractivity contribution >= 4 is 11.6 Å². The van der Waals surface area contributed by atoms with Crippen molar-refractivity contribution < 1.29 is 9.53 Å². The SMILES string of the molecule is CCCCCCCCN1CCC(COC)(N(C(=O)CC)c2ccccc2)CC1. The number of amides is 1. The van der Waals surface area contributed by atoms with E-state index in [-0.39, 0.29) is 11.4 Å². The molecule has 1 fully saturated rings. The number of carbonyl (C=O) groups excluding carboxylic acids is 1. The number of para-hydroxylation sites is 1. The molecule has 0 unspecified atom stereocenters. The molecule has 1 aliphatic heterocycles. The van der Waals surface area contributed by atoms with E-state index in [1.54, 1.807) is 7.11 Å². The molecule has 158 valence electrons. The number of rotatable bonds is 12. The van der Waals surface area contributed by atoms with Gasteiger partial charge < -0.3 is 14.5 Å². The molecule has 0 aromatic heterocycles. The summed E-state index contributed by atoms with van der Waals surface area (Å²) in [5, 5.41) is 0. The normalized spacial score (nSPS) is 16.8. The smallest absolute Gasteiger partial charge is 0.227 e. The molecular formula is C24H40N2O2. The van der Waals surface area contributed by atoms with Crippen LogP contribution in [0.1, 0.15) is 71.6 Å². The third-order valence-corrected chi connectivity index (χ3v) is 6.07. The van der Waals surface area contributed by atoms with Gasteiger partial charge in [0, 0.05) is 32.3 Å². The second-order valence-electron chi connectivity index (χ2n) is 8.19. The third-order valence-electron chi connectivity index (χ3n) is 6.07. The molecular weight excluding hydrogens is 348 g/mol. The highest BCUT2D eigenvalue weighted by Gasteiger charge is 2.42. The summed E-state index contributed by atoms with van der Waals surface area (Å²) in [5.41, 5.74) is 0.761. The lowest BCUT2D eigenvalue weighted by Gasteiger charge is -2.48. The van der Waals surface area contributed by atoms with Gasteiger partial charge in [-0.25, -0.2) is 0 Å². The van der Waals surface area contributed by atoms with Crippen LogP contribution in [0.25, 0.3) is 0 Å². The molecule has 1 heterocycles. The lowest BCUT2D eigenvalue weighted by Crippen LogP contribution is -2.60. The minimum atomic E-state index is -0.235. The predicted octanol–water partition coefficient (Wildman–Crippen LogP) is 5.27. The number of methoxy groups -OCH3 is 1. The van der Waals surface area contributed by atoms with Crippen molar-refractivity contribution in [2.45, 2.75) is 77.2 Å². The van der Waals surface area contributed by atoms with Crippen molar-refractivity contribution in [1.82, 2.24) is 4.90 Å². The first kappa shape index (κ1) is 22.9. The Morgan fingerprint density at radius 2 is 1.68 bits per heavy atom. The van der Waals surface area contributed by atoms with Crippen LogP contribution in [-0.2, 0) is 9.53 Å². The summed E-state index contributed by atoms with van der Waals surface area (Å²) in [7, 11) is 1.75. The van der Waals surface area contributed by atoms with Gasteiger partial charge in [-0.3, -0.25) is 4.79 Å². The number of likely N-dealkylation sites (tertiary alicyclic amines) is 1. The minimum Gasteiger partial charge on any atom is -0.382 e. The van der Waals surface area contributed by atoms with Crippen LogP contribution in [0.15, 0.2) is 30.3 Å². The van der Waals surface area contributed by atoms with Crippen LogP contribution in [0.2, 0.25) is 0 Å². The van der Waals surface area contributed by atoms with E-state index in [0.717, 1.165) is 31.6 Å². The first-order valence-electron chi connectivity index (χ1n) is 11.3. The van der Waals surface area contributed by atoms with Gasteiger partial charge in [-0.1, -0.05) is 64.2 Å². The topological polar surface area (TPSA) is 32.8 Å². The average Bonchev–Trinajstić information content (AvgIpc) is 2.73. The quantitative estimate of drug-likeness (QED) is 0.457. The summed E-state index contributed by atoms with van der Waals surface area (Å²) in [6, 6.07) is 10.1. The lowest BCUT2D eigenvalue weighted by atomic mass is 9.85. The van der Waals surface area contributed by atoms with Crippen LogP contribution >= 0.6 is 0 Å². The van der Waals surface area contributed by atoms with Crippen LogP contribution in [0, 0.1) is 0 Å². The summed E-state index contributed by atoms with van der Waals surface area (Å²) in [6.07, 6.45) is 10.5. The van der Waals surface area contributed by atoms with Crippen LogP contribution in [0.3, 0.4) is 0 Å². The minimum absolute atomic E-state index is 0.188. The van der Waals surface area contributed by atoms with E-state index >= 15 is 0 Å². The molecule has 0 aliphatic carbocycles. The molecule has 1 amide bonds. The van der Waals surface area contributed by atoms with Gasteiger partial charge in [0.1, 0.15) is 0 Å². The molecule has 1 aromatic rings. The van der Waals surface area contributed by atoms with Crippen molar-refractivity contribution in [2.24, 2.45) is 0 Å². The molecule has 1 saturated heterocycles. The molecule has 1 aliphatic rings. The van der Waals surface area contributed by atoms with E-state index in [2.05, 4.69) is 11.8 Å². The van der Waals surface area contributed by atoms with Gasteiger partial charge in [0.05, 0.1) is 12.1 Å². The number of ether oxygens (including phenoxy) is 1. The van der Waals surface area contributed by atoms with Crippen molar-refractivity contribution in [3.63, 3.8) is 0 Å². The first-order valence-corrected chi connectivity index (χ1v) is 11.3. The summed E-state index contributed by atoms with van der Waals surface area (Å²) in [4.78, 5) is 17.5. The van der Waals surface area contributed by atoms with Gasteiger partial charge in [0.15, 0.2) is 0 Å². The van der Waals surface area contributed by atoms with Gasteiger partial charge in [-0.05, 0) is 37.9 Å². The summed E-state index contributed by atoms with van der Waals surface area (Å²) < 4.78 is 5.64. The summed E-state index contributed by atoms with van der Waals surface area (Å²) >= 11 is 0. The fraction of sp³-hybridized carbons (Fsp3) is 0.708. The molecule has 4 heteroatoms. The second-order valence-corrected chi connectivity index (χ2v) is 8.19. The molecule has 0 bridgehead atoms. The predicted molar refractivity (Wildman–Crippen MR) is 118 cm³/mol. The number of anilines is 1. The number of piperidine rings is 1. The monoisotopic (exact) mass is 388 g/mol. The van der Waals surface area contributed by atoms with Gasteiger partial charge in [-0.2, -0.15) is 0 Å². The van der Waals surface area contributed by atoms with Gasteiger partial charge in [0.2, 0.25) is 5.91 Å². The van der Waals surface area contributed by atoms with E-state index in [0.29, 0.717) is 13.0 Å². The fourth-order valence-electron chi connectivity index (χ4n) is 4.43. The first-order chi connectivity index (χ1) is 13.7. The molecule has 28 heavy (non-hydrogen) atoms. The van der Waals surface area contributed by atoms with Gasteiger partial charge in [0.25, 0.3) is 0 Å². The zero-order valence-corrected chi connectivity index (χ0v) is 18.3. The summed E-state index contributed by atoms with van der Waals surface area (Å²) in [5.74, 6) is 0.188. The van der Waals surface area contributed by atoms with Crippen LogP contribution in [0.4, 0.5) is 5.69 Å². The van der Waals surface area contributed by atoms with Crippen molar-refractivity contribution in [3.8, 4) is 0 Å². The number of carbonyl (C=O) groups is 1. The van der Waals surface area contributed by atoms with E-state index in [1.165, 1.54) is 45.1 Å². The van der Waals surface area contributed by atoms with E-state index in [1.807, 2.05) is 42.2 Å². The Morgan fingerprint density at radius 1 is 1.04 bits per heavy atom. The highest BCUT2D eigenvalue weighted by Crippen LogP contribution is 2.34. The third kappa shape index (κ3) is 6.31. The fourth-order valence-corrected chi connectivity index (χ4v) is 4.43. The molecule has 0 N–H and O–H groups in total. The van der Waals surface area contributed by atoms with Crippen molar-refractivity contribution in [2.75, 3.05) is 38.3 Å². The maximum Gasteiger partial charge on any atom is 0.227 e. The standard InChI is InChI=1S/C24H40N2O2/c1-4-6-7-8-9-13-18-25-19-16-24(17-20-25,21-28-3)26(23(27)5-2)22-14-11-10-12-15-22/h10-12,14-15H,4-9,13,16-21H2,1-3H3. The Labute approximate surface area is 172 Å². The molecule has 0 atom stereocenters. The molecule has 4 nitrogen and oxygen atoms in total. The van der Waals surface area contributed by atoms with Crippen molar-refractivity contribution in [1.29, 1.82) is 0 Å². The average molecular weight is 389 g/mol. The molecule has 1 aromatic carbocycles. The van der Waals surface area contributed by atoms with Crippen LogP contribution in [0.5, 0.6) is 0 Å². The molecule has 0 spiro atoms. The maximum atomic E-state index is 12.9. The number of benzene rings is 1. The second kappa shape index (κ2) is 12.2. The largest absolute Gasteiger partial charge is 0.382 e. The Kier molecular flexibility index (Phi) is 10.0. The number of nitrogens with zero attached hydrogens (tertiary/aromatic N) is 2. The highest BCUT2D eigenvalue weighted by molar-refractivity contribution is 5.94. The van der Waals surface area contributed by atoms with Gasteiger partial charge in [-0.15, -0.1) is 0 Å². The molecule has 0 radical (unpaired) electrons. The Balaban J connectivity index is 1.99.